The van der Waals surface area contributed by atoms with E-state index in [2.05, 4.69) is 37.6 Å². The summed E-state index contributed by atoms with van der Waals surface area (Å²) in [5, 5.41) is 23.6. The van der Waals surface area contributed by atoms with Gasteiger partial charge in [-0.15, -0.1) is 0 Å². The summed E-state index contributed by atoms with van der Waals surface area (Å²) in [4.78, 5) is 42.8. The van der Waals surface area contributed by atoms with Crippen LogP contribution < -0.4 is 15.5 Å². The number of aliphatic hydroxyl groups is 1. The Hall–Kier alpha value is -4.13. The molecule has 1 aromatic heterocycles. The zero-order valence-corrected chi connectivity index (χ0v) is 25.3. The number of allylic oxidation sites excluding steroid dienone is 2. The topological polar surface area (TPSA) is 132 Å². The number of rotatable bonds is 9. The molecule has 1 aliphatic rings. The number of halogens is 2. The van der Waals surface area contributed by atoms with Gasteiger partial charge in [0.15, 0.2) is 11.2 Å². The number of hydrogen-bond donors (Lipinski definition) is 4. The van der Waals surface area contributed by atoms with Gasteiger partial charge >= 0.3 is 12.0 Å². The number of benzene rings is 3. The minimum absolute atomic E-state index is 0.151. The van der Waals surface area contributed by atoms with E-state index >= 15 is 0 Å². The number of nitrogens with zero attached hydrogens (tertiary/aromatic N) is 2. The van der Waals surface area contributed by atoms with E-state index in [9.17, 15) is 23.9 Å². The van der Waals surface area contributed by atoms with Gasteiger partial charge in [0.05, 0.1) is 23.3 Å². The summed E-state index contributed by atoms with van der Waals surface area (Å²) >= 11 is 4.31. The van der Waals surface area contributed by atoms with E-state index in [1.54, 1.807) is 30.3 Å². The van der Waals surface area contributed by atoms with Crippen LogP contribution in [0.25, 0.3) is 15.8 Å². The van der Waals surface area contributed by atoms with E-state index in [4.69, 9.17) is 5.11 Å². The molecule has 4 N–H and O–H groups in total. The van der Waals surface area contributed by atoms with Crippen molar-refractivity contribution in [3.05, 3.63) is 93.7 Å². The van der Waals surface area contributed by atoms with Crippen LogP contribution in [0.4, 0.5) is 20.0 Å². The molecule has 3 amide bonds. The summed E-state index contributed by atoms with van der Waals surface area (Å²) in [6.07, 6.45) is 4.96. The molecule has 1 heterocycles. The van der Waals surface area contributed by atoms with Crippen LogP contribution in [0.1, 0.15) is 47.2 Å². The molecule has 1 aliphatic carbocycles. The van der Waals surface area contributed by atoms with Gasteiger partial charge in [0.25, 0.3) is 5.91 Å². The van der Waals surface area contributed by atoms with Gasteiger partial charge in [-0.25, -0.2) is 19.0 Å². The molecule has 0 saturated carbocycles. The normalized spacial score (nSPS) is 13.7. The molecule has 3 aromatic carbocycles. The Labute approximate surface area is 259 Å². The number of fused-ring (bicyclic) bond motifs is 1. The van der Waals surface area contributed by atoms with Crippen LogP contribution in [0.3, 0.4) is 0 Å². The van der Waals surface area contributed by atoms with Crippen LogP contribution in [0.5, 0.6) is 0 Å². The van der Waals surface area contributed by atoms with E-state index in [-0.39, 0.29) is 17.2 Å². The Morgan fingerprint density at radius 3 is 2.49 bits per heavy atom. The second kappa shape index (κ2) is 13.4. The number of aromatic nitrogens is 1. The molecule has 0 saturated heterocycles. The van der Waals surface area contributed by atoms with E-state index < -0.39 is 36.4 Å². The van der Waals surface area contributed by atoms with Crippen molar-refractivity contribution in [2.75, 3.05) is 16.8 Å². The molecule has 0 unspecified atom stereocenters. The zero-order chi connectivity index (χ0) is 30.5. The van der Waals surface area contributed by atoms with Crippen molar-refractivity contribution in [3.63, 3.8) is 0 Å². The van der Waals surface area contributed by atoms with Gasteiger partial charge in [-0.3, -0.25) is 15.0 Å². The average Bonchev–Trinajstić information content (AvgIpc) is 3.41. The number of carboxylic acid groups (broad SMARTS) is 1. The Kier molecular flexibility index (Phi) is 9.49. The van der Waals surface area contributed by atoms with Gasteiger partial charge in [-0.05, 0) is 78.8 Å². The fourth-order valence-electron chi connectivity index (χ4n) is 4.73. The molecule has 9 nitrogen and oxygen atoms in total. The van der Waals surface area contributed by atoms with Crippen LogP contribution in [-0.4, -0.2) is 45.8 Å². The fraction of sp³-hybridized carbons (Fsp3) is 0.226. The largest absolute Gasteiger partial charge is 0.479 e. The third-order valence-electron chi connectivity index (χ3n) is 7.01. The molecule has 0 spiro atoms. The highest BCUT2D eigenvalue weighted by Crippen LogP contribution is 2.32. The first kappa shape index (κ1) is 30.3. The third-order valence-corrected chi connectivity index (χ3v) is 8.46. The van der Waals surface area contributed by atoms with Crippen molar-refractivity contribution in [1.82, 2.24) is 10.3 Å². The summed E-state index contributed by atoms with van der Waals surface area (Å²) in [7, 11) is 0. The van der Waals surface area contributed by atoms with Gasteiger partial charge in [-0.2, -0.15) is 0 Å². The van der Waals surface area contributed by atoms with Crippen LogP contribution in [0.2, 0.25) is 0 Å². The molecular formula is C31H28BrFN4O5S. The third kappa shape index (κ3) is 7.45. The predicted octanol–water partition coefficient (Wildman–Crippen LogP) is 6.57. The van der Waals surface area contributed by atoms with Crippen molar-refractivity contribution >= 4 is 71.8 Å². The minimum atomic E-state index is -1.70. The van der Waals surface area contributed by atoms with Crippen LogP contribution in [0, 0.1) is 5.82 Å². The molecule has 12 heteroatoms. The Morgan fingerprint density at radius 2 is 1.81 bits per heavy atom. The number of amides is 3. The standard InChI is InChI=1S/C31H28BrFN4O5S/c32-22-14-24(33)27-25(15-22)35-30(43-27)36-31(42)37(23-12-10-20(11-13-23)19-4-2-1-3-5-19)17-18-6-8-21(9-7-18)28(39)34-16-26(38)29(40)41/h4,6-15,26,38H,1-3,5,16-17H2,(H,34,39)(H,40,41)(H,35,36,42)/t26-/m1/s1. The van der Waals surface area contributed by atoms with Gasteiger partial charge in [0.2, 0.25) is 0 Å². The van der Waals surface area contributed by atoms with Gasteiger partial charge < -0.3 is 15.5 Å². The molecule has 0 aliphatic heterocycles. The number of thiazole rings is 1. The number of aliphatic carboxylic acids is 1. The SMILES string of the molecule is O=C(NC[C@@H](O)C(=O)O)c1ccc(CN(C(=O)Nc2nc3cc(Br)cc(F)c3s2)c2ccc(C3=CCCCC3)cc2)cc1. The number of nitrogens with one attached hydrogen (secondary N) is 2. The maximum absolute atomic E-state index is 14.5. The van der Waals surface area contributed by atoms with Crippen molar-refractivity contribution in [3.8, 4) is 0 Å². The van der Waals surface area contributed by atoms with E-state index in [1.165, 1.54) is 23.0 Å². The average molecular weight is 668 g/mol. The van der Waals surface area contributed by atoms with Crippen LogP contribution in [0.15, 0.2) is 71.2 Å². The lowest BCUT2D eigenvalue weighted by molar-refractivity contribution is -0.146. The number of urea groups is 1. The van der Waals surface area contributed by atoms with Gasteiger partial charge in [-0.1, -0.05) is 57.6 Å². The predicted molar refractivity (Wildman–Crippen MR) is 168 cm³/mol. The molecule has 4 aromatic rings. The fourth-order valence-corrected chi connectivity index (χ4v) is 5.99. The molecule has 1 atom stereocenters. The Balaban J connectivity index is 1.37. The smallest absolute Gasteiger partial charge is 0.334 e. The number of carbonyl (C=O) groups excluding carboxylic acids is 2. The molecule has 0 fully saturated rings. The van der Waals surface area contributed by atoms with E-state index in [1.807, 2.05) is 24.3 Å². The number of hydrogen-bond acceptors (Lipinski definition) is 6. The summed E-state index contributed by atoms with van der Waals surface area (Å²) < 4.78 is 15.3. The Morgan fingerprint density at radius 1 is 1.07 bits per heavy atom. The quantitative estimate of drug-likeness (QED) is 0.160. The first-order valence-electron chi connectivity index (χ1n) is 13.6. The van der Waals surface area contributed by atoms with Crippen molar-refractivity contribution in [2.24, 2.45) is 0 Å². The first-order chi connectivity index (χ1) is 20.7. The molecule has 222 valence electrons. The summed E-state index contributed by atoms with van der Waals surface area (Å²) in [6.45, 7) is -0.276. The lowest BCUT2D eigenvalue weighted by Crippen LogP contribution is -2.36. The van der Waals surface area contributed by atoms with Crippen LogP contribution in [-0.2, 0) is 11.3 Å². The molecule has 43 heavy (non-hydrogen) atoms. The van der Waals surface area contributed by atoms with Crippen molar-refractivity contribution in [2.45, 2.75) is 38.3 Å². The maximum Gasteiger partial charge on any atom is 0.334 e. The van der Waals surface area contributed by atoms with Gasteiger partial charge in [0, 0.05) is 15.7 Å². The lowest BCUT2D eigenvalue weighted by Gasteiger charge is -2.23. The highest BCUT2D eigenvalue weighted by Gasteiger charge is 2.21. The Bertz CT molecular complexity index is 1690. The van der Waals surface area contributed by atoms with Gasteiger partial charge in [0.1, 0.15) is 5.82 Å². The van der Waals surface area contributed by atoms with Crippen LogP contribution >= 0.6 is 27.3 Å². The minimum Gasteiger partial charge on any atom is -0.479 e. The number of carboxylic acids is 1. The number of anilines is 2. The second-order valence-corrected chi connectivity index (χ2v) is 12.0. The highest BCUT2D eigenvalue weighted by atomic mass is 79.9. The van der Waals surface area contributed by atoms with Crippen molar-refractivity contribution in [1.29, 1.82) is 0 Å². The van der Waals surface area contributed by atoms with Crippen molar-refractivity contribution < 1.29 is 29.0 Å². The summed E-state index contributed by atoms with van der Waals surface area (Å²) in [5.41, 5.74) is 4.45. The summed E-state index contributed by atoms with van der Waals surface area (Å²) in [5.74, 6) is -2.40. The highest BCUT2D eigenvalue weighted by molar-refractivity contribution is 9.10. The number of aliphatic hydroxyl groups excluding tert-OH is 1. The maximum atomic E-state index is 14.5. The molecule has 0 bridgehead atoms. The monoisotopic (exact) mass is 666 g/mol. The second-order valence-electron chi connectivity index (χ2n) is 10.1. The molecule has 0 radical (unpaired) electrons. The molecule has 5 rings (SSSR count). The van der Waals surface area contributed by atoms with E-state index in [0.717, 1.165) is 41.7 Å². The lowest BCUT2D eigenvalue weighted by atomic mass is 9.93. The molecular weight excluding hydrogens is 639 g/mol. The number of carbonyl (C=O) groups is 3. The summed E-state index contributed by atoms with van der Waals surface area (Å²) in [6, 6.07) is 16.8. The zero-order valence-electron chi connectivity index (χ0n) is 22.8. The first-order valence-corrected chi connectivity index (χ1v) is 15.2. The van der Waals surface area contributed by atoms with E-state index in [0.29, 0.717) is 20.4 Å².